The Morgan fingerprint density at radius 1 is 0.933 bits per heavy atom. The van der Waals surface area contributed by atoms with Crippen LogP contribution in [0.25, 0.3) is 0 Å². The summed E-state index contributed by atoms with van der Waals surface area (Å²) < 4.78 is 29.1. The summed E-state index contributed by atoms with van der Waals surface area (Å²) in [5, 5.41) is 0. The lowest BCUT2D eigenvalue weighted by Crippen LogP contribution is -2.24. The van der Waals surface area contributed by atoms with Gasteiger partial charge in [0, 0.05) is 5.41 Å². The molecule has 0 aliphatic rings. The Balaban J connectivity index is 4.09. The highest BCUT2D eigenvalue weighted by atomic mass is 31.2. The predicted molar refractivity (Wildman–Crippen MR) is 49.8 cm³/mol. The van der Waals surface area contributed by atoms with Gasteiger partial charge in [-0.05, 0) is 0 Å². The second-order valence-corrected chi connectivity index (χ2v) is 6.17. The van der Waals surface area contributed by atoms with E-state index in [4.69, 9.17) is 19.6 Å². The molecular formula is C5H14O8P2. The van der Waals surface area contributed by atoms with Crippen molar-refractivity contribution < 1.29 is 37.8 Å². The summed E-state index contributed by atoms with van der Waals surface area (Å²) in [6, 6.07) is 0. The maximum Gasteiger partial charge on any atom is 0.469 e. The zero-order chi connectivity index (χ0) is 12.3. The molecular weight excluding hydrogens is 250 g/mol. The first-order valence-corrected chi connectivity index (χ1v) is 6.88. The highest BCUT2D eigenvalue weighted by Gasteiger charge is 2.27. The van der Waals surface area contributed by atoms with Gasteiger partial charge < -0.3 is 19.6 Å². The predicted octanol–water partition coefficient (Wildman–Crippen LogP) is 0.231. The van der Waals surface area contributed by atoms with E-state index in [0.717, 1.165) is 0 Å². The van der Waals surface area contributed by atoms with Gasteiger partial charge in [0.2, 0.25) is 0 Å². The summed E-state index contributed by atoms with van der Waals surface area (Å²) in [7, 11) is -9.15. The van der Waals surface area contributed by atoms with Crippen LogP contribution in [-0.2, 0) is 18.2 Å². The smallest absolute Gasteiger partial charge is 0.303 e. The molecule has 0 aliphatic carbocycles. The number of rotatable bonds is 6. The Morgan fingerprint density at radius 3 is 1.40 bits per heavy atom. The standard InChI is InChI=1S/C5H14O8P2/c1-5(2,3-12-14(6,7)8)4-13-15(9,10)11/h3-4H2,1-2H3,(H2,6,7,8)(H2,9,10,11). The van der Waals surface area contributed by atoms with Crippen LogP contribution in [0.5, 0.6) is 0 Å². The highest BCUT2D eigenvalue weighted by Crippen LogP contribution is 2.41. The molecule has 8 nitrogen and oxygen atoms in total. The first-order chi connectivity index (χ1) is 6.41. The summed E-state index contributed by atoms with van der Waals surface area (Å²) in [5.74, 6) is 0. The van der Waals surface area contributed by atoms with Crippen LogP contribution >= 0.6 is 15.6 Å². The SMILES string of the molecule is CC(C)(COP(=O)(O)O)COP(=O)(O)O. The lowest BCUT2D eigenvalue weighted by Gasteiger charge is -2.24. The van der Waals surface area contributed by atoms with Crippen molar-refractivity contribution in [1.82, 2.24) is 0 Å². The van der Waals surface area contributed by atoms with Gasteiger partial charge in [-0.2, -0.15) is 0 Å². The molecule has 10 heteroatoms. The van der Waals surface area contributed by atoms with E-state index in [9.17, 15) is 9.13 Å². The lowest BCUT2D eigenvalue weighted by atomic mass is 9.97. The topological polar surface area (TPSA) is 134 Å². The van der Waals surface area contributed by atoms with Crippen LogP contribution in [0, 0.1) is 5.41 Å². The summed E-state index contributed by atoms with van der Waals surface area (Å²) >= 11 is 0. The van der Waals surface area contributed by atoms with E-state index in [-0.39, 0.29) is 13.2 Å². The average Bonchev–Trinajstić information content (AvgIpc) is 1.96. The van der Waals surface area contributed by atoms with Crippen molar-refractivity contribution in [3.8, 4) is 0 Å². The Labute approximate surface area is 86.7 Å². The quantitative estimate of drug-likeness (QED) is 0.501. The van der Waals surface area contributed by atoms with E-state index in [0.29, 0.717) is 0 Å². The van der Waals surface area contributed by atoms with Crippen molar-refractivity contribution in [2.75, 3.05) is 13.2 Å². The molecule has 0 spiro atoms. The van der Waals surface area contributed by atoms with E-state index in [1.807, 2.05) is 0 Å². The van der Waals surface area contributed by atoms with Crippen LogP contribution in [0.1, 0.15) is 13.8 Å². The molecule has 0 fully saturated rings. The Kier molecular flexibility index (Phi) is 5.11. The van der Waals surface area contributed by atoms with Crippen molar-refractivity contribution in [3.63, 3.8) is 0 Å². The van der Waals surface area contributed by atoms with E-state index in [2.05, 4.69) is 9.05 Å². The van der Waals surface area contributed by atoms with E-state index in [1.54, 1.807) is 0 Å². The molecule has 0 saturated heterocycles. The molecule has 0 aromatic heterocycles. The minimum Gasteiger partial charge on any atom is -0.303 e. The molecule has 0 saturated carbocycles. The van der Waals surface area contributed by atoms with Crippen molar-refractivity contribution in [2.45, 2.75) is 13.8 Å². The van der Waals surface area contributed by atoms with Gasteiger partial charge in [0.1, 0.15) is 0 Å². The maximum atomic E-state index is 10.4. The van der Waals surface area contributed by atoms with Crippen molar-refractivity contribution in [3.05, 3.63) is 0 Å². The normalized spacial score (nSPS) is 14.3. The van der Waals surface area contributed by atoms with Crippen molar-refractivity contribution >= 4 is 15.6 Å². The molecule has 0 bridgehead atoms. The third-order valence-electron chi connectivity index (χ3n) is 1.25. The van der Waals surface area contributed by atoms with Crippen LogP contribution in [0.15, 0.2) is 0 Å². The first kappa shape index (κ1) is 15.2. The summed E-state index contributed by atoms with van der Waals surface area (Å²) in [4.78, 5) is 33.6. The zero-order valence-corrected chi connectivity index (χ0v) is 10.0. The van der Waals surface area contributed by atoms with Gasteiger partial charge in [-0.25, -0.2) is 9.13 Å². The minimum absolute atomic E-state index is 0.378. The van der Waals surface area contributed by atoms with Gasteiger partial charge in [0.05, 0.1) is 13.2 Å². The Bertz CT molecular complexity index is 259. The molecule has 0 atom stereocenters. The van der Waals surface area contributed by atoms with E-state index >= 15 is 0 Å². The third kappa shape index (κ3) is 10.5. The number of phosphoric ester groups is 2. The van der Waals surface area contributed by atoms with Crippen molar-refractivity contribution in [2.24, 2.45) is 5.41 Å². The minimum atomic E-state index is -4.58. The average molecular weight is 264 g/mol. The van der Waals surface area contributed by atoms with Crippen LogP contribution in [0.2, 0.25) is 0 Å². The largest absolute Gasteiger partial charge is 0.469 e. The third-order valence-corrected chi connectivity index (χ3v) is 2.18. The molecule has 4 N–H and O–H groups in total. The Hall–Kier alpha value is 0.220. The van der Waals surface area contributed by atoms with Gasteiger partial charge >= 0.3 is 15.6 Å². The number of hydrogen-bond acceptors (Lipinski definition) is 4. The number of hydrogen-bond donors (Lipinski definition) is 4. The number of phosphoric acid groups is 2. The highest BCUT2D eigenvalue weighted by molar-refractivity contribution is 7.46. The summed E-state index contributed by atoms with van der Waals surface area (Å²) in [5.41, 5.74) is -0.914. The monoisotopic (exact) mass is 264 g/mol. The molecule has 0 heterocycles. The fourth-order valence-electron chi connectivity index (χ4n) is 0.559. The van der Waals surface area contributed by atoms with Gasteiger partial charge in [-0.1, -0.05) is 13.8 Å². The van der Waals surface area contributed by atoms with Crippen molar-refractivity contribution in [1.29, 1.82) is 0 Å². The fraction of sp³-hybridized carbons (Fsp3) is 1.00. The van der Waals surface area contributed by atoms with Crippen LogP contribution in [-0.4, -0.2) is 32.8 Å². The van der Waals surface area contributed by atoms with Crippen LogP contribution in [0.3, 0.4) is 0 Å². The fourth-order valence-corrected chi connectivity index (χ4v) is 1.59. The molecule has 0 radical (unpaired) electrons. The van der Waals surface area contributed by atoms with E-state index in [1.165, 1.54) is 13.8 Å². The van der Waals surface area contributed by atoms with Gasteiger partial charge in [-0.15, -0.1) is 0 Å². The molecule has 0 unspecified atom stereocenters. The molecule has 92 valence electrons. The van der Waals surface area contributed by atoms with Crippen LogP contribution < -0.4 is 0 Å². The maximum absolute atomic E-state index is 10.4. The van der Waals surface area contributed by atoms with Gasteiger partial charge in [0.15, 0.2) is 0 Å². The second kappa shape index (κ2) is 5.03. The molecule has 15 heavy (non-hydrogen) atoms. The summed E-state index contributed by atoms with van der Waals surface area (Å²) in [6.45, 7) is 2.21. The summed E-state index contributed by atoms with van der Waals surface area (Å²) in [6.07, 6.45) is 0. The zero-order valence-electron chi connectivity index (χ0n) is 8.23. The Morgan fingerprint density at radius 2 is 1.20 bits per heavy atom. The first-order valence-electron chi connectivity index (χ1n) is 3.81. The van der Waals surface area contributed by atoms with Crippen LogP contribution in [0.4, 0.5) is 0 Å². The molecule has 0 amide bonds. The molecule has 0 aromatic rings. The molecule has 0 aliphatic heterocycles. The molecule has 0 aromatic carbocycles. The second-order valence-electron chi connectivity index (χ2n) is 3.69. The van der Waals surface area contributed by atoms with Gasteiger partial charge in [-0.3, -0.25) is 9.05 Å². The lowest BCUT2D eigenvalue weighted by molar-refractivity contribution is 0.0710. The molecule has 0 rings (SSSR count). The van der Waals surface area contributed by atoms with Gasteiger partial charge in [0.25, 0.3) is 0 Å². The van der Waals surface area contributed by atoms with E-state index < -0.39 is 21.1 Å².